The number of hydrogen-bond acceptors (Lipinski definition) is 5. The molecule has 1 aliphatic carbocycles. The molecule has 120 valence electrons. The zero-order valence-corrected chi connectivity index (χ0v) is 13.2. The lowest BCUT2D eigenvalue weighted by Gasteiger charge is -2.35. The Morgan fingerprint density at radius 1 is 1.38 bits per heavy atom. The van der Waals surface area contributed by atoms with E-state index in [4.69, 9.17) is 4.74 Å². The maximum Gasteiger partial charge on any atom is 0.306 e. The van der Waals surface area contributed by atoms with E-state index in [1.807, 2.05) is 27.7 Å². The van der Waals surface area contributed by atoms with Crippen LogP contribution in [0.1, 0.15) is 40.5 Å². The Bertz CT molecular complexity index is 413. The third-order valence-corrected chi connectivity index (χ3v) is 4.10. The summed E-state index contributed by atoms with van der Waals surface area (Å²) in [6.07, 6.45) is 0.562. The maximum absolute atomic E-state index is 12.3. The van der Waals surface area contributed by atoms with Gasteiger partial charge >= 0.3 is 5.97 Å². The van der Waals surface area contributed by atoms with Crippen molar-refractivity contribution >= 4 is 11.8 Å². The molecule has 0 unspecified atom stereocenters. The molecule has 0 spiro atoms. The van der Waals surface area contributed by atoms with Crippen LogP contribution >= 0.6 is 0 Å². The van der Waals surface area contributed by atoms with Crippen molar-refractivity contribution in [2.24, 2.45) is 17.8 Å². The molecule has 0 radical (unpaired) electrons. The summed E-state index contributed by atoms with van der Waals surface area (Å²) in [4.78, 5) is 24.2. The number of hydrogen-bond donors (Lipinski definition) is 2. The SMILES string of the molecule is CC[C@@H](C)CC(=O)O[C@H]1C(=O)C(CO)=C[C@@H](O)[C@H]1C(C)C. The van der Waals surface area contributed by atoms with E-state index in [1.165, 1.54) is 6.08 Å². The van der Waals surface area contributed by atoms with Gasteiger partial charge in [-0.05, 0) is 17.9 Å². The minimum absolute atomic E-state index is 0.0261. The highest BCUT2D eigenvalue weighted by Gasteiger charge is 2.42. The van der Waals surface area contributed by atoms with E-state index < -0.39 is 36.5 Å². The highest BCUT2D eigenvalue weighted by Crippen LogP contribution is 2.30. The summed E-state index contributed by atoms with van der Waals surface area (Å²) in [5, 5.41) is 19.3. The number of carbonyl (C=O) groups excluding carboxylic acids is 2. The summed E-state index contributed by atoms with van der Waals surface area (Å²) in [7, 11) is 0. The Morgan fingerprint density at radius 2 is 2.00 bits per heavy atom. The van der Waals surface area contributed by atoms with Crippen molar-refractivity contribution in [3.8, 4) is 0 Å². The molecule has 0 saturated carbocycles. The Kier molecular flexibility index (Phi) is 6.55. The van der Waals surface area contributed by atoms with Crippen molar-refractivity contribution in [2.45, 2.75) is 52.7 Å². The molecule has 1 aliphatic rings. The topological polar surface area (TPSA) is 83.8 Å². The van der Waals surface area contributed by atoms with Gasteiger partial charge in [0, 0.05) is 17.9 Å². The number of esters is 1. The number of aliphatic hydroxyl groups is 2. The molecule has 0 saturated heterocycles. The maximum atomic E-state index is 12.3. The molecule has 0 bridgehead atoms. The first kappa shape index (κ1) is 17.9. The fourth-order valence-electron chi connectivity index (χ4n) is 2.56. The number of Topliss-reactive ketones (excluding diaryl/α,β-unsaturated/α-hetero) is 1. The summed E-state index contributed by atoms with van der Waals surface area (Å²) in [5.41, 5.74) is 0.112. The summed E-state index contributed by atoms with van der Waals surface area (Å²) in [6, 6.07) is 0. The van der Waals surface area contributed by atoms with Gasteiger partial charge in [-0.2, -0.15) is 0 Å². The molecule has 0 fully saturated rings. The third kappa shape index (κ3) is 4.38. The molecule has 1 rings (SSSR count). The monoisotopic (exact) mass is 298 g/mol. The fraction of sp³-hybridized carbons (Fsp3) is 0.750. The molecule has 5 nitrogen and oxygen atoms in total. The standard InChI is InChI=1S/C16H26O5/c1-5-10(4)6-13(19)21-16-14(9(2)3)12(18)7-11(8-17)15(16)20/h7,9-10,12,14,16-18H,5-6,8H2,1-4H3/t10-,12-,14-,16-/m1/s1. The van der Waals surface area contributed by atoms with Gasteiger partial charge in [-0.3, -0.25) is 9.59 Å². The van der Waals surface area contributed by atoms with E-state index in [-0.39, 0.29) is 23.8 Å². The van der Waals surface area contributed by atoms with Crippen LogP contribution in [-0.2, 0) is 14.3 Å². The molecular formula is C16H26O5. The first-order chi connectivity index (χ1) is 9.81. The Hall–Kier alpha value is -1.20. The average Bonchev–Trinajstić information content (AvgIpc) is 2.41. The van der Waals surface area contributed by atoms with E-state index in [2.05, 4.69) is 0 Å². The van der Waals surface area contributed by atoms with Crippen LogP contribution in [0.25, 0.3) is 0 Å². The Labute approximate surface area is 126 Å². The quantitative estimate of drug-likeness (QED) is 0.725. The Morgan fingerprint density at radius 3 is 2.48 bits per heavy atom. The minimum Gasteiger partial charge on any atom is -0.454 e. The molecule has 0 aromatic carbocycles. The highest BCUT2D eigenvalue weighted by molar-refractivity contribution is 6.01. The van der Waals surface area contributed by atoms with Crippen LogP contribution in [0.2, 0.25) is 0 Å². The van der Waals surface area contributed by atoms with Crippen molar-refractivity contribution in [2.75, 3.05) is 6.61 Å². The van der Waals surface area contributed by atoms with Gasteiger partial charge in [0.05, 0.1) is 12.7 Å². The molecule has 21 heavy (non-hydrogen) atoms. The fourth-order valence-corrected chi connectivity index (χ4v) is 2.56. The van der Waals surface area contributed by atoms with E-state index in [9.17, 15) is 19.8 Å². The number of carbonyl (C=O) groups is 2. The van der Waals surface area contributed by atoms with Gasteiger partial charge in [-0.25, -0.2) is 0 Å². The summed E-state index contributed by atoms with van der Waals surface area (Å²) < 4.78 is 5.35. The normalized spacial score (nSPS) is 27.5. The van der Waals surface area contributed by atoms with E-state index in [1.54, 1.807) is 0 Å². The lowest BCUT2D eigenvalue weighted by molar-refractivity contribution is -0.162. The van der Waals surface area contributed by atoms with Crippen LogP contribution in [0, 0.1) is 17.8 Å². The van der Waals surface area contributed by atoms with E-state index in [0.717, 1.165) is 6.42 Å². The van der Waals surface area contributed by atoms with Crippen molar-refractivity contribution in [1.82, 2.24) is 0 Å². The van der Waals surface area contributed by atoms with Crippen LogP contribution in [0.15, 0.2) is 11.6 Å². The van der Waals surface area contributed by atoms with E-state index >= 15 is 0 Å². The molecule has 0 heterocycles. The zero-order valence-electron chi connectivity index (χ0n) is 13.2. The predicted octanol–water partition coefficient (Wildman–Crippen LogP) is 1.47. The minimum atomic E-state index is -1.01. The van der Waals surface area contributed by atoms with Crippen LogP contribution in [0.4, 0.5) is 0 Å². The van der Waals surface area contributed by atoms with Gasteiger partial charge < -0.3 is 14.9 Å². The van der Waals surface area contributed by atoms with Crippen LogP contribution in [0.3, 0.4) is 0 Å². The van der Waals surface area contributed by atoms with E-state index in [0.29, 0.717) is 0 Å². The van der Waals surface area contributed by atoms with Crippen molar-refractivity contribution in [3.63, 3.8) is 0 Å². The van der Waals surface area contributed by atoms with Crippen molar-refractivity contribution < 1.29 is 24.5 Å². The molecule has 0 aliphatic heterocycles. The summed E-state index contributed by atoms with van der Waals surface area (Å²) in [5.74, 6) is -1.15. The second-order valence-electron chi connectivity index (χ2n) is 6.15. The van der Waals surface area contributed by atoms with Gasteiger partial charge in [0.25, 0.3) is 0 Å². The lowest BCUT2D eigenvalue weighted by atomic mass is 9.77. The first-order valence-electron chi connectivity index (χ1n) is 7.55. The number of ketones is 1. The lowest BCUT2D eigenvalue weighted by Crippen LogP contribution is -2.47. The summed E-state index contributed by atoms with van der Waals surface area (Å²) >= 11 is 0. The molecule has 2 N–H and O–H groups in total. The van der Waals surface area contributed by atoms with Gasteiger partial charge in [-0.1, -0.05) is 34.1 Å². The molecule has 0 amide bonds. The summed E-state index contributed by atoms with van der Waals surface area (Å²) in [6.45, 7) is 7.21. The average molecular weight is 298 g/mol. The number of aliphatic hydroxyl groups excluding tert-OH is 2. The van der Waals surface area contributed by atoms with Crippen molar-refractivity contribution in [1.29, 1.82) is 0 Å². The second-order valence-corrected chi connectivity index (χ2v) is 6.15. The Balaban J connectivity index is 2.91. The number of rotatable bonds is 6. The highest BCUT2D eigenvalue weighted by atomic mass is 16.5. The smallest absolute Gasteiger partial charge is 0.306 e. The van der Waals surface area contributed by atoms with Crippen LogP contribution in [0.5, 0.6) is 0 Å². The predicted molar refractivity (Wildman–Crippen MR) is 78.5 cm³/mol. The first-order valence-corrected chi connectivity index (χ1v) is 7.55. The molecule has 0 aromatic rings. The second kappa shape index (κ2) is 7.71. The molecule has 4 atom stereocenters. The van der Waals surface area contributed by atoms with Gasteiger partial charge in [0.15, 0.2) is 6.10 Å². The molecular weight excluding hydrogens is 272 g/mol. The van der Waals surface area contributed by atoms with Crippen molar-refractivity contribution in [3.05, 3.63) is 11.6 Å². The van der Waals surface area contributed by atoms with Crippen LogP contribution in [-0.4, -0.2) is 40.8 Å². The van der Waals surface area contributed by atoms with Gasteiger partial charge in [-0.15, -0.1) is 0 Å². The third-order valence-electron chi connectivity index (χ3n) is 4.10. The zero-order chi connectivity index (χ0) is 16.2. The molecule has 0 aromatic heterocycles. The number of ether oxygens (including phenoxy) is 1. The van der Waals surface area contributed by atoms with Crippen LogP contribution < -0.4 is 0 Å². The van der Waals surface area contributed by atoms with Gasteiger partial charge in [0.2, 0.25) is 5.78 Å². The largest absolute Gasteiger partial charge is 0.454 e. The van der Waals surface area contributed by atoms with Gasteiger partial charge in [0.1, 0.15) is 0 Å². The molecule has 5 heteroatoms.